The molecule has 17 heavy (non-hydrogen) atoms. The Morgan fingerprint density at radius 3 is 2.53 bits per heavy atom. The minimum atomic E-state index is 0.421. The summed E-state index contributed by atoms with van der Waals surface area (Å²) in [4.78, 5) is 0. The molecule has 1 aliphatic carbocycles. The van der Waals surface area contributed by atoms with Crippen molar-refractivity contribution in [1.82, 2.24) is 15.0 Å². The summed E-state index contributed by atoms with van der Waals surface area (Å²) in [5.74, 6) is 1.26. The Labute approximate surface area is 104 Å². The molecule has 0 spiro atoms. The molecule has 96 valence electrons. The third kappa shape index (κ3) is 2.37. The molecule has 1 saturated carbocycles. The van der Waals surface area contributed by atoms with E-state index in [1.165, 1.54) is 25.0 Å². The lowest BCUT2D eigenvalue weighted by Gasteiger charge is -2.29. The van der Waals surface area contributed by atoms with Crippen molar-refractivity contribution >= 4 is 0 Å². The fourth-order valence-corrected chi connectivity index (χ4v) is 2.34. The number of nitrogens with two attached hydrogens (primary N) is 1. The Morgan fingerprint density at radius 2 is 2.06 bits per heavy atom. The third-order valence-electron chi connectivity index (χ3n) is 4.03. The van der Waals surface area contributed by atoms with Gasteiger partial charge in [-0.05, 0) is 32.2 Å². The van der Waals surface area contributed by atoms with Gasteiger partial charge < -0.3 is 5.73 Å². The van der Waals surface area contributed by atoms with E-state index < -0.39 is 0 Å². The van der Waals surface area contributed by atoms with E-state index in [-0.39, 0.29) is 0 Å². The fourth-order valence-electron chi connectivity index (χ4n) is 2.34. The fraction of sp³-hybridized carbons (Fsp3) is 0.846. The van der Waals surface area contributed by atoms with Gasteiger partial charge in [-0.1, -0.05) is 25.5 Å². The first-order chi connectivity index (χ1) is 8.15. The van der Waals surface area contributed by atoms with E-state index in [1.54, 1.807) is 0 Å². The topological polar surface area (TPSA) is 56.7 Å². The number of nitrogens with zero attached hydrogens (tertiary/aromatic N) is 3. The van der Waals surface area contributed by atoms with Crippen LogP contribution in [0.4, 0.5) is 0 Å². The number of aromatic nitrogens is 3. The number of rotatable bonds is 5. The molecule has 0 aliphatic heterocycles. The summed E-state index contributed by atoms with van der Waals surface area (Å²) in [7, 11) is 0. The SMILES string of the molecule is CC(C)C(C)n1nnc(CCN)c1C1CCC1. The maximum absolute atomic E-state index is 5.66. The van der Waals surface area contributed by atoms with E-state index in [1.807, 2.05) is 0 Å². The Bertz CT molecular complexity index is 365. The normalized spacial score (nSPS) is 18.4. The highest BCUT2D eigenvalue weighted by Gasteiger charge is 2.29. The van der Waals surface area contributed by atoms with E-state index in [2.05, 4.69) is 35.8 Å². The smallest absolute Gasteiger partial charge is 0.0874 e. The van der Waals surface area contributed by atoms with Gasteiger partial charge in [-0.3, -0.25) is 0 Å². The van der Waals surface area contributed by atoms with Crippen LogP contribution < -0.4 is 5.73 Å². The van der Waals surface area contributed by atoms with Gasteiger partial charge >= 0.3 is 0 Å². The first kappa shape index (κ1) is 12.6. The average Bonchev–Trinajstić information content (AvgIpc) is 2.59. The number of hydrogen-bond donors (Lipinski definition) is 1. The van der Waals surface area contributed by atoms with Crippen LogP contribution in [0.2, 0.25) is 0 Å². The molecule has 4 nitrogen and oxygen atoms in total. The minimum Gasteiger partial charge on any atom is -0.330 e. The van der Waals surface area contributed by atoms with Gasteiger partial charge in [-0.15, -0.1) is 5.10 Å². The molecule has 1 aliphatic rings. The molecule has 1 aromatic rings. The van der Waals surface area contributed by atoms with Crippen molar-refractivity contribution in [2.24, 2.45) is 11.7 Å². The van der Waals surface area contributed by atoms with E-state index in [9.17, 15) is 0 Å². The van der Waals surface area contributed by atoms with Crippen LogP contribution in [0.25, 0.3) is 0 Å². The van der Waals surface area contributed by atoms with Gasteiger partial charge in [0.2, 0.25) is 0 Å². The molecular weight excluding hydrogens is 212 g/mol. The van der Waals surface area contributed by atoms with Crippen LogP contribution in [-0.2, 0) is 6.42 Å². The van der Waals surface area contributed by atoms with Crippen molar-refractivity contribution in [3.05, 3.63) is 11.4 Å². The Kier molecular flexibility index (Phi) is 3.82. The van der Waals surface area contributed by atoms with Crippen LogP contribution in [0, 0.1) is 5.92 Å². The zero-order valence-corrected chi connectivity index (χ0v) is 11.2. The van der Waals surface area contributed by atoms with Crippen LogP contribution in [0.15, 0.2) is 0 Å². The van der Waals surface area contributed by atoms with E-state index in [0.29, 0.717) is 24.4 Å². The second-order valence-corrected chi connectivity index (χ2v) is 5.52. The van der Waals surface area contributed by atoms with Crippen molar-refractivity contribution in [3.8, 4) is 0 Å². The first-order valence-electron chi connectivity index (χ1n) is 6.79. The highest BCUT2D eigenvalue weighted by molar-refractivity contribution is 5.19. The monoisotopic (exact) mass is 236 g/mol. The summed E-state index contributed by atoms with van der Waals surface area (Å²) in [5, 5.41) is 8.72. The summed E-state index contributed by atoms with van der Waals surface area (Å²) < 4.78 is 2.15. The zero-order valence-electron chi connectivity index (χ0n) is 11.2. The zero-order chi connectivity index (χ0) is 12.4. The summed E-state index contributed by atoms with van der Waals surface area (Å²) in [5.41, 5.74) is 8.15. The van der Waals surface area contributed by atoms with Crippen LogP contribution in [-0.4, -0.2) is 21.5 Å². The highest BCUT2D eigenvalue weighted by Crippen LogP contribution is 2.39. The van der Waals surface area contributed by atoms with Crippen molar-refractivity contribution in [2.75, 3.05) is 6.54 Å². The van der Waals surface area contributed by atoms with Crippen molar-refractivity contribution in [3.63, 3.8) is 0 Å². The van der Waals surface area contributed by atoms with E-state index in [4.69, 9.17) is 5.73 Å². The summed E-state index contributed by atoms with van der Waals surface area (Å²) in [6, 6.07) is 0.421. The molecule has 2 N–H and O–H groups in total. The highest BCUT2D eigenvalue weighted by atomic mass is 15.4. The molecule has 0 aromatic carbocycles. The van der Waals surface area contributed by atoms with Crippen molar-refractivity contribution in [1.29, 1.82) is 0 Å². The predicted octanol–water partition coefficient (Wildman–Crippen LogP) is 2.26. The van der Waals surface area contributed by atoms with Crippen LogP contribution in [0.3, 0.4) is 0 Å². The summed E-state index contributed by atoms with van der Waals surface area (Å²) in [6.07, 6.45) is 4.77. The second-order valence-electron chi connectivity index (χ2n) is 5.52. The van der Waals surface area contributed by atoms with Gasteiger partial charge in [-0.25, -0.2) is 4.68 Å². The average molecular weight is 236 g/mol. The van der Waals surface area contributed by atoms with Gasteiger partial charge in [-0.2, -0.15) is 0 Å². The Balaban J connectivity index is 2.30. The van der Waals surface area contributed by atoms with Gasteiger partial charge in [0.1, 0.15) is 0 Å². The Morgan fingerprint density at radius 1 is 1.35 bits per heavy atom. The van der Waals surface area contributed by atoms with Crippen molar-refractivity contribution < 1.29 is 0 Å². The molecule has 4 heteroatoms. The number of hydrogen-bond acceptors (Lipinski definition) is 3. The molecule has 1 fully saturated rings. The second kappa shape index (κ2) is 5.17. The van der Waals surface area contributed by atoms with Gasteiger partial charge in [0.05, 0.1) is 17.4 Å². The molecule has 0 radical (unpaired) electrons. The molecular formula is C13H24N4. The standard InChI is InChI=1S/C13H24N4/c1-9(2)10(3)17-13(11-5-4-6-11)12(7-8-14)15-16-17/h9-11H,4-8,14H2,1-3H3. The third-order valence-corrected chi connectivity index (χ3v) is 4.03. The Hall–Kier alpha value is -0.900. The molecule has 1 unspecified atom stereocenters. The van der Waals surface area contributed by atoms with Gasteiger partial charge in [0.25, 0.3) is 0 Å². The minimum absolute atomic E-state index is 0.421. The summed E-state index contributed by atoms with van der Waals surface area (Å²) in [6.45, 7) is 7.36. The molecule has 1 heterocycles. The van der Waals surface area contributed by atoms with Gasteiger partial charge in [0.15, 0.2) is 0 Å². The molecule has 0 amide bonds. The van der Waals surface area contributed by atoms with E-state index in [0.717, 1.165) is 12.1 Å². The van der Waals surface area contributed by atoms with Crippen LogP contribution >= 0.6 is 0 Å². The van der Waals surface area contributed by atoms with Crippen LogP contribution in [0.5, 0.6) is 0 Å². The lowest BCUT2D eigenvalue weighted by molar-refractivity contribution is 0.322. The van der Waals surface area contributed by atoms with E-state index >= 15 is 0 Å². The molecule has 1 aromatic heterocycles. The predicted molar refractivity (Wildman–Crippen MR) is 68.9 cm³/mol. The molecule has 0 saturated heterocycles. The maximum Gasteiger partial charge on any atom is 0.0874 e. The lowest BCUT2D eigenvalue weighted by atomic mass is 9.81. The molecule has 1 atom stereocenters. The van der Waals surface area contributed by atoms with Crippen LogP contribution in [0.1, 0.15) is 63.4 Å². The summed E-state index contributed by atoms with van der Waals surface area (Å²) >= 11 is 0. The largest absolute Gasteiger partial charge is 0.330 e. The quantitative estimate of drug-likeness (QED) is 0.853. The van der Waals surface area contributed by atoms with Gasteiger partial charge in [0, 0.05) is 12.3 Å². The first-order valence-corrected chi connectivity index (χ1v) is 6.79. The maximum atomic E-state index is 5.66. The lowest BCUT2D eigenvalue weighted by Crippen LogP contribution is -2.22. The van der Waals surface area contributed by atoms with Crippen molar-refractivity contribution in [2.45, 2.75) is 58.4 Å². The molecule has 2 rings (SSSR count). The molecule has 0 bridgehead atoms.